The number of hydrazine groups is 1. The lowest BCUT2D eigenvalue weighted by Gasteiger charge is -2.15. The molecule has 1 rings (SSSR count). The highest BCUT2D eigenvalue weighted by molar-refractivity contribution is 5.86. The predicted molar refractivity (Wildman–Crippen MR) is 78.6 cm³/mol. The topological polar surface area (TPSA) is 93.7 Å². The molecule has 0 aliphatic rings. The highest BCUT2D eigenvalue weighted by Crippen LogP contribution is 2.12. The van der Waals surface area contributed by atoms with Gasteiger partial charge in [0.25, 0.3) is 5.91 Å². The van der Waals surface area contributed by atoms with Gasteiger partial charge >= 0.3 is 5.97 Å². The first kappa shape index (κ1) is 18.4. The summed E-state index contributed by atoms with van der Waals surface area (Å²) in [5.41, 5.74) is 4.35. The third kappa shape index (κ3) is 7.25. The van der Waals surface area contributed by atoms with Crippen LogP contribution in [0.2, 0.25) is 0 Å². The lowest BCUT2D eigenvalue weighted by Crippen LogP contribution is -2.47. The first-order valence-electron chi connectivity index (χ1n) is 7.09. The fourth-order valence-corrected chi connectivity index (χ4v) is 1.51. The average Bonchev–Trinajstić information content (AvgIpc) is 2.53. The van der Waals surface area contributed by atoms with Crippen molar-refractivity contribution in [3.8, 4) is 5.75 Å². The van der Waals surface area contributed by atoms with Crippen LogP contribution < -0.4 is 15.6 Å². The number of carbonyl (C=O) groups excluding carboxylic acids is 3. The number of hydrogen-bond acceptors (Lipinski definition) is 5. The Hall–Kier alpha value is -2.64. The Labute approximate surface area is 133 Å². The van der Waals surface area contributed by atoms with Crippen molar-refractivity contribution < 1.29 is 28.2 Å². The molecule has 0 fully saturated rings. The summed E-state index contributed by atoms with van der Waals surface area (Å²) in [6.45, 7) is 3.39. The van der Waals surface area contributed by atoms with Crippen molar-refractivity contribution in [3.63, 3.8) is 0 Å². The van der Waals surface area contributed by atoms with Crippen molar-refractivity contribution in [2.75, 3.05) is 6.61 Å². The number of benzene rings is 1. The molecule has 8 heteroatoms. The molecule has 1 atom stereocenters. The molecule has 0 unspecified atom stereocenters. The summed E-state index contributed by atoms with van der Waals surface area (Å²) in [6, 6.07) is 5.18. The Morgan fingerprint density at radius 2 is 1.78 bits per heavy atom. The fourth-order valence-electron chi connectivity index (χ4n) is 1.51. The SMILES string of the molecule is CCOC(=O)CCC(=O)NNC(=O)[C@H](C)Oc1ccc(F)cc1. The van der Waals surface area contributed by atoms with Crippen molar-refractivity contribution in [2.24, 2.45) is 0 Å². The third-order valence-corrected chi connectivity index (χ3v) is 2.68. The van der Waals surface area contributed by atoms with Crippen molar-refractivity contribution >= 4 is 17.8 Å². The lowest BCUT2D eigenvalue weighted by molar-refractivity contribution is -0.144. The van der Waals surface area contributed by atoms with Crippen LogP contribution in [0.25, 0.3) is 0 Å². The summed E-state index contributed by atoms with van der Waals surface area (Å²) in [5.74, 6) is -1.69. The maximum Gasteiger partial charge on any atom is 0.306 e. The van der Waals surface area contributed by atoms with Crippen molar-refractivity contribution in [2.45, 2.75) is 32.8 Å². The van der Waals surface area contributed by atoms with E-state index >= 15 is 0 Å². The van der Waals surface area contributed by atoms with Crippen LogP contribution in [0.4, 0.5) is 4.39 Å². The Morgan fingerprint density at radius 1 is 1.13 bits per heavy atom. The van der Waals surface area contributed by atoms with Gasteiger partial charge in [0.2, 0.25) is 5.91 Å². The summed E-state index contributed by atoms with van der Waals surface area (Å²) in [5, 5.41) is 0. The van der Waals surface area contributed by atoms with Gasteiger partial charge in [-0.05, 0) is 38.1 Å². The van der Waals surface area contributed by atoms with E-state index in [2.05, 4.69) is 15.6 Å². The number of rotatable bonds is 7. The standard InChI is InChI=1S/C15H19FN2O5/c1-3-22-14(20)9-8-13(19)17-18-15(21)10(2)23-12-6-4-11(16)5-7-12/h4-7,10H,3,8-9H2,1-2H3,(H,17,19)(H,18,21)/t10-/m0/s1. The molecule has 23 heavy (non-hydrogen) atoms. The molecule has 126 valence electrons. The molecule has 0 aliphatic heterocycles. The van der Waals surface area contributed by atoms with Crippen molar-refractivity contribution in [1.82, 2.24) is 10.9 Å². The van der Waals surface area contributed by atoms with E-state index in [0.29, 0.717) is 5.75 Å². The summed E-state index contributed by atoms with van der Waals surface area (Å²) in [6.07, 6.45) is -1.07. The number of nitrogens with one attached hydrogen (secondary N) is 2. The molecule has 0 heterocycles. The van der Waals surface area contributed by atoms with Gasteiger partial charge in [0.15, 0.2) is 6.10 Å². The zero-order chi connectivity index (χ0) is 17.2. The van der Waals surface area contributed by atoms with E-state index < -0.39 is 29.7 Å². The second-order valence-corrected chi connectivity index (χ2v) is 4.56. The number of hydrogen-bond donors (Lipinski definition) is 2. The molecule has 0 radical (unpaired) electrons. The summed E-state index contributed by atoms with van der Waals surface area (Å²) < 4.78 is 22.7. The summed E-state index contributed by atoms with van der Waals surface area (Å²) in [7, 11) is 0. The fraction of sp³-hybridized carbons (Fsp3) is 0.400. The predicted octanol–water partition coefficient (Wildman–Crippen LogP) is 1.08. The smallest absolute Gasteiger partial charge is 0.306 e. The van der Waals surface area contributed by atoms with E-state index in [1.54, 1.807) is 6.92 Å². The average molecular weight is 326 g/mol. The normalized spacial score (nSPS) is 11.3. The van der Waals surface area contributed by atoms with Gasteiger partial charge < -0.3 is 9.47 Å². The minimum atomic E-state index is -0.897. The summed E-state index contributed by atoms with van der Waals surface area (Å²) in [4.78, 5) is 34.3. The molecule has 2 N–H and O–H groups in total. The Morgan fingerprint density at radius 3 is 2.39 bits per heavy atom. The largest absolute Gasteiger partial charge is 0.481 e. The van der Waals surface area contributed by atoms with Crippen molar-refractivity contribution in [1.29, 1.82) is 0 Å². The van der Waals surface area contributed by atoms with E-state index in [-0.39, 0.29) is 19.4 Å². The van der Waals surface area contributed by atoms with Crippen molar-refractivity contribution in [3.05, 3.63) is 30.1 Å². The second-order valence-electron chi connectivity index (χ2n) is 4.56. The van der Waals surface area contributed by atoms with Gasteiger partial charge in [-0.25, -0.2) is 4.39 Å². The molecule has 2 amide bonds. The second kappa shape index (κ2) is 9.39. The first-order chi connectivity index (χ1) is 10.9. The molecule has 1 aromatic rings. The molecular formula is C15H19FN2O5. The van der Waals surface area contributed by atoms with E-state index in [1.807, 2.05) is 0 Å². The van der Waals surface area contributed by atoms with Crippen LogP contribution in [0.15, 0.2) is 24.3 Å². The zero-order valence-corrected chi connectivity index (χ0v) is 12.9. The maximum absolute atomic E-state index is 12.8. The molecular weight excluding hydrogens is 307 g/mol. The Balaban J connectivity index is 2.30. The molecule has 0 aromatic heterocycles. The van der Waals surface area contributed by atoms with Crippen LogP contribution in [-0.4, -0.2) is 30.5 Å². The number of esters is 1. The summed E-state index contributed by atoms with van der Waals surface area (Å²) >= 11 is 0. The first-order valence-corrected chi connectivity index (χ1v) is 7.09. The van der Waals surface area contributed by atoms with E-state index in [0.717, 1.165) is 0 Å². The zero-order valence-electron chi connectivity index (χ0n) is 12.9. The van der Waals surface area contributed by atoms with Crippen LogP contribution in [0, 0.1) is 5.82 Å². The van der Waals surface area contributed by atoms with Crippen LogP contribution in [-0.2, 0) is 19.1 Å². The maximum atomic E-state index is 12.8. The van der Waals surface area contributed by atoms with Crippen LogP contribution in [0.1, 0.15) is 26.7 Å². The molecule has 0 saturated carbocycles. The van der Waals surface area contributed by atoms with Gasteiger partial charge in [0.05, 0.1) is 13.0 Å². The van der Waals surface area contributed by atoms with Crippen LogP contribution >= 0.6 is 0 Å². The van der Waals surface area contributed by atoms with Gasteiger partial charge in [0, 0.05) is 6.42 Å². The monoisotopic (exact) mass is 326 g/mol. The molecule has 7 nitrogen and oxygen atoms in total. The van der Waals surface area contributed by atoms with E-state index in [4.69, 9.17) is 4.74 Å². The molecule has 0 aliphatic carbocycles. The highest BCUT2D eigenvalue weighted by atomic mass is 19.1. The number of halogens is 1. The molecule has 1 aromatic carbocycles. The van der Waals surface area contributed by atoms with Crippen LogP contribution in [0.3, 0.4) is 0 Å². The highest BCUT2D eigenvalue weighted by Gasteiger charge is 2.16. The lowest BCUT2D eigenvalue weighted by atomic mass is 10.3. The Bertz CT molecular complexity index is 547. The van der Waals surface area contributed by atoms with Gasteiger partial charge in [-0.2, -0.15) is 0 Å². The number of carbonyl (C=O) groups is 3. The molecule has 0 spiro atoms. The van der Waals surface area contributed by atoms with Crippen LogP contribution in [0.5, 0.6) is 5.75 Å². The minimum Gasteiger partial charge on any atom is -0.481 e. The minimum absolute atomic E-state index is 0.0722. The van der Waals surface area contributed by atoms with Gasteiger partial charge in [-0.15, -0.1) is 0 Å². The van der Waals surface area contributed by atoms with E-state index in [1.165, 1.54) is 31.2 Å². The number of amides is 2. The molecule has 0 saturated heterocycles. The van der Waals surface area contributed by atoms with Gasteiger partial charge in [-0.3, -0.25) is 25.2 Å². The Kier molecular flexibility index (Phi) is 7.52. The van der Waals surface area contributed by atoms with E-state index in [9.17, 15) is 18.8 Å². The quantitative estimate of drug-likeness (QED) is 0.578. The third-order valence-electron chi connectivity index (χ3n) is 2.68. The van der Waals surface area contributed by atoms with Gasteiger partial charge in [0.1, 0.15) is 11.6 Å². The van der Waals surface area contributed by atoms with Gasteiger partial charge in [-0.1, -0.05) is 0 Å². The molecule has 0 bridgehead atoms. The number of ether oxygens (including phenoxy) is 2.